The van der Waals surface area contributed by atoms with E-state index in [1.165, 1.54) is 0 Å². The third kappa shape index (κ3) is 2.29. The van der Waals surface area contributed by atoms with Crippen molar-refractivity contribution in [1.82, 2.24) is 0 Å². The Labute approximate surface area is 94.7 Å². The van der Waals surface area contributed by atoms with Crippen molar-refractivity contribution in [2.75, 3.05) is 0 Å². The van der Waals surface area contributed by atoms with Gasteiger partial charge >= 0.3 is 94.9 Å². The first kappa shape index (κ1) is 12.0. The Morgan fingerprint density at radius 3 is 1.87 bits per heavy atom. The second-order valence-corrected chi connectivity index (χ2v) is 13.4. The summed E-state index contributed by atoms with van der Waals surface area (Å²) in [4.78, 5) is 12.2. The quantitative estimate of drug-likeness (QED) is 0.764. The van der Waals surface area contributed by atoms with Gasteiger partial charge in [-0.25, -0.2) is 0 Å². The molecular weight excluding hydrogens is 291 g/mol. The van der Waals surface area contributed by atoms with Crippen LogP contribution in [0.2, 0.25) is 0 Å². The molecule has 0 radical (unpaired) electrons. The van der Waals surface area contributed by atoms with E-state index in [4.69, 9.17) is 0 Å². The predicted octanol–water partition coefficient (Wildman–Crippen LogP) is 3.03. The van der Waals surface area contributed by atoms with E-state index in [0.29, 0.717) is 0 Å². The molecule has 1 nitrogen and oxygen atoms in total. The van der Waals surface area contributed by atoms with Crippen LogP contribution in [-0.2, 0) is 0 Å². The van der Waals surface area contributed by atoms with Gasteiger partial charge < -0.3 is 0 Å². The number of rotatable bonds is 5. The molecule has 0 fully saturated rings. The molecule has 0 saturated heterocycles. The number of benzene rings is 1. The monoisotopic (exact) mass is 306 g/mol. The van der Waals surface area contributed by atoms with Gasteiger partial charge in [-0.15, -0.1) is 0 Å². The molecule has 1 rings (SSSR count). The first-order valence-corrected chi connectivity index (χ1v) is 11.1. The Morgan fingerprint density at radius 1 is 1.00 bits per heavy atom. The SMILES string of the molecule is C=[CH][Sn]([CH]=C)([CH]=C)[C](=O)c1ccccc1. The Kier molecular flexibility index (Phi) is 4.09. The average molecular weight is 305 g/mol. The van der Waals surface area contributed by atoms with E-state index in [2.05, 4.69) is 19.7 Å². The summed E-state index contributed by atoms with van der Waals surface area (Å²) in [6.45, 7) is 11.3. The predicted molar refractivity (Wildman–Crippen MR) is 67.1 cm³/mol. The fraction of sp³-hybridized carbons (Fsp3) is 0. The van der Waals surface area contributed by atoms with Crippen molar-refractivity contribution >= 4 is 22.2 Å². The van der Waals surface area contributed by atoms with Crippen molar-refractivity contribution in [2.45, 2.75) is 0 Å². The van der Waals surface area contributed by atoms with E-state index in [9.17, 15) is 4.79 Å². The molecule has 15 heavy (non-hydrogen) atoms. The van der Waals surface area contributed by atoms with E-state index in [0.717, 1.165) is 5.56 Å². The second kappa shape index (κ2) is 5.12. The van der Waals surface area contributed by atoms with E-state index < -0.39 is 18.4 Å². The van der Waals surface area contributed by atoms with E-state index in [1.807, 2.05) is 30.3 Å². The topological polar surface area (TPSA) is 17.1 Å². The summed E-state index contributed by atoms with van der Waals surface area (Å²) >= 11 is -3.20. The molecule has 1 aromatic carbocycles. The molecule has 76 valence electrons. The molecular formula is C13H14OSn. The van der Waals surface area contributed by atoms with Gasteiger partial charge in [-0.05, 0) is 0 Å². The van der Waals surface area contributed by atoms with Crippen LogP contribution in [0, 0.1) is 0 Å². The third-order valence-electron chi connectivity index (χ3n) is 2.44. The van der Waals surface area contributed by atoms with Gasteiger partial charge in [-0.2, -0.15) is 0 Å². The molecule has 0 spiro atoms. The Balaban J connectivity index is 3.18. The van der Waals surface area contributed by atoms with Gasteiger partial charge in [0.25, 0.3) is 0 Å². The van der Waals surface area contributed by atoms with Gasteiger partial charge in [0.1, 0.15) is 0 Å². The Morgan fingerprint density at radius 2 is 1.47 bits per heavy atom. The van der Waals surface area contributed by atoms with Crippen LogP contribution >= 0.6 is 0 Å². The van der Waals surface area contributed by atoms with Gasteiger partial charge in [0.05, 0.1) is 0 Å². The van der Waals surface area contributed by atoms with Gasteiger partial charge in [-0.3, -0.25) is 0 Å². The molecule has 0 N–H and O–H groups in total. The zero-order valence-electron chi connectivity index (χ0n) is 8.65. The van der Waals surface area contributed by atoms with Gasteiger partial charge in [0.2, 0.25) is 0 Å². The number of carbonyl (C=O) groups is 1. The van der Waals surface area contributed by atoms with Crippen LogP contribution in [0.5, 0.6) is 0 Å². The van der Waals surface area contributed by atoms with Gasteiger partial charge in [-0.1, -0.05) is 0 Å². The fourth-order valence-electron chi connectivity index (χ4n) is 1.37. The summed E-state index contributed by atoms with van der Waals surface area (Å²) < 4.78 is 5.46. The molecule has 1 aromatic rings. The summed E-state index contributed by atoms with van der Waals surface area (Å²) in [6.07, 6.45) is 0. The van der Waals surface area contributed by atoms with Crippen molar-refractivity contribution in [1.29, 1.82) is 0 Å². The van der Waals surface area contributed by atoms with Crippen molar-refractivity contribution < 1.29 is 4.79 Å². The van der Waals surface area contributed by atoms with Gasteiger partial charge in [0, 0.05) is 0 Å². The maximum atomic E-state index is 12.2. The molecule has 0 aliphatic heterocycles. The summed E-state index contributed by atoms with van der Waals surface area (Å²) in [5.41, 5.74) is 0.730. The average Bonchev–Trinajstić information content (AvgIpc) is 2.33. The summed E-state index contributed by atoms with van der Waals surface area (Å²) in [6, 6.07) is 9.26. The summed E-state index contributed by atoms with van der Waals surface area (Å²) in [7, 11) is 0. The van der Waals surface area contributed by atoms with Crippen molar-refractivity contribution in [3.05, 3.63) is 67.9 Å². The van der Waals surface area contributed by atoms with E-state index in [-0.39, 0.29) is 3.80 Å². The van der Waals surface area contributed by atoms with Crippen LogP contribution in [0.4, 0.5) is 0 Å². The minimum absolute atomic E-state index is 0.157. The summed E-state index contributed by atoms with van der Waals surface area (Å²) in [5, 5.41) is 0. The minimum atomic E-state index is -3.20. The van der Waals surface area contributed by atoms with E-state index >= 15 is 0 Å². The zero-order chi connectivity index (χ0) is 11.3. The first-order chi connectivity index (χ1) is 7.20. The Hall–Kier alpha value is -1.09. The second-order valence-electron chi connectivity index (χ2n) is 3.24. The Bertz CT molecular complexity index is 370. The molecule has 0 aliphatic rings. The number of carbonyl (C=O) groups excluding carboxylic acids is 1. The van der Waals surface area contributed by atoms with Crippen LogP contribution in [-0.4, -0.2) is 22.2 Å². The van der Waals surface area contributed by atoms with Crippen molar-refractivity contribution in [2.24, 2.45) is 0 Å². The molecule has 0 unspecified atom stereocenters. The van der Waals surface area contributed by atoms with E-state index in [1.54, 1.807) is 12.3 Å². The molecule has 0 aliphatic carbocycles. The van der Waals surface area contributed by atoms with Crippen LogP contribution in [0.1, 0.15) is 10.4 Å². The van der Waals surface area contributed by atoms with Crippen LogP contribution in [0.15, 0.2) is 62.3 Å². The van der Waals surface area contributed by atoms with Crippen LogP contribution < -0.4 is 0 Å². The molecule has 0 heterocycles. The molecule has 0 atom stereocenters. The fourth-order valence-corrected chi connectivity index (χ4v) is 6.28. The first-order valence-electron chi connectivity index (χ1n) is 4.71. The standard InChI is InChI=1S/C7H5O.3C2H3.Sn/c8-6-7-4-2-1-3-5-7;3*1-2;/h1-5H;3*1H,2H2;. The van der Waals surface area contributed by atoms with Crippen molar-refractivity contribution in [3.8, 4) is 0 Å². The molecule has 0 amide bonds. The van der Waals surface area contributed by atoms with Crippen molar-refractivity contribution in [3.63, 3.8) is 0 Å². The van der Waals surface area contributed by atoms with Gasteiger partial charge in [0.15, 0.2) is 0 Å². The number of hydrogen-bond donors (Lipinski definition) is 0. The number of hydrogen-bond acceptors (Lipinski definition) is 1. The van der Waals surface area contributed by atoms with Crippen LogP contribution in [0.3, 0.4) is 0 Å². The molecule has 0 bridgehead atoms. The maximum absolute atomic E-state index is 12.2. The third-order valence-corrected chi connectivity index (χ3v) is 11.3. The van der Waals surface area contributed by atoms with Crippen LogP contribution in [0.25, 0.3) is 0 Å². The molecule has 0 aromatic heterocycles. The molecule has 2 heteroatoms. The molecule has 0 saturated carbocycles. The summed E-state index contributed by atoms with van der Waals surface area (Å²) in [5.74, 6) is 0. The zero-order valence-corrected chi connectivity index (χ0v) is 11.5. The normalized spacial score (nSPS) is 10.4.